The maximum Gasteiger partial charge on any atom is 0.416 e. The van der Waals surface area contributed by atoms with E-state index in [0.717, 1.165) is 18.6 Å². The van der Waals surface area contributed by atoms with E-state index in [9.17, 15) is 18.0 Å². The van der Waals surface area contributed by atoms with Gasteiger partial charge in [0.05, 0.1) is 5.56 Å². The molecule has 2 N–H and O–H groups in total. The molecule has 0 saturated carbocycles. The molecule has 3 rings (SSSR count). The van der Waals surface area contributed by atoms with Gasteiger partial charge in [0.25, 0.3) is 0 Å². The maximum absolute atomic E-state index is 12.7. The number of likely N-dealkylation sites (tertiary alicyclic amines) is 1. The molecule has 1 amide bonds. The Labute approximate surface area is 154 Å². The number of benzene rings is 1. The first-order valence-electron chi connectivity index (χ1n) is 8.30. The van der Waals surface area contributed by atoms with Crippen LogP contribution in [-0.2, 0) is 11.0 Å². The van der Waals surface area contributed by atoms with Gasteiger partial charge >= 0.3 is 6.18 Å². The molecular weight excluding hydrogens is 359 g/mol. The number of hydrogen-bond donors (Lipinski definition) is 2. The molecule has 1 aliphatic rings. The van der Waals surface area contributed by atoms with Gasteiger partial charge in [-0.05, 0) is 36.8 Å². The third kappa shape index (κ3) is 4.55. The number of hydrogen-bond acceptors (Lipinski definition) is 5. The molecule has 0 bridgehead atoms. The highest BCUT2D eigenvalue weighted by atomic mass is 19.4. The number of carbonyl (C=O) groups excluding carboxylic acids is 1. The first kappa shape index (κ1) is 18.7. The lowest BCUT2D eigenvalue weighted by Crippen LogP contribution is -2.30. The summed E-state index contributed by atoms with van der Waals surface area (Å²) in [5.41, 5.74) is -0.259. The molecule has 9 heteroatoms. The van der Waals surface area contributed by atoms with Crippen molar-refractivity contribution in [2.24, 2.45) is 0 Å². The van der Waals surface area contributed by atoms with Crippen LogP contribution in [0.5, 0.6) is 0 Å². The molecule has 27 heavy (non-hydrogen) atoms. The second kappa shape index (κ2) is 7.65. The minimum absolute atomic E-state index is 0.00115. The minimum Gasteiger partial charge on any atom is -0.362 e. The second-order valence-electron chi connectivity index (χ2n) is 6.07. The predicted molar refractivity (Wildman–Crippen MR) is 95.6 cm³/mol. The van der Waals surface area contributed by atoms with E-state index in [2.05, 4.69) is 27.2 Å². The van der Waals surface area contributed by atoms with Crippen molar-refractivity contribution >= 4 is 23.2 Å². The van der Waals surface area contributed by atoms with Crippen LogP contribution < -0.4 is 10.6 Å². The van der Waals surface area contributed by atoms with Gasteiger partial charge in [0.1, 0.15) is 0 Å². The molecule has 1 saturated heterocycles. The summed E-state index contributed by atoms with van der Waals surface area (Å²) < 4.78 is 38.0. The Balaban J connectivity index is 1.69. The number of carbonyl (C=O) groups is 1. The summed E-state index contributed by atoms with van der Waals surface area (Å²) in [4.78, 5) is 21.8. The van der Waals surface area contributed by atoms with Crippen molar-refractivity contribution in [3.8, 4) is 0 Å². The van der Waals surface area contributed by atoms with Crippen molar-refractivity contribution in [1.82, 2.24) is 14.9 Å². The molecule has 2 heterocycles. The molecule has 1 unspecified atom stereocenters. The van der Waals surface area contributed by atoms with Gasteiger partial charge in [0.2, 0.25) is 5.91 Å². The van der Waals surface area contributed by atoms with Crippen LogP contribution in [0.4, 0.5) is 30.5 Å². The Morgan fingerprint density at radius 2 is 1.85 bits per heavy atom. The fourth-order valence-electron chi connectivity index (χ4n) is 2.82. The zero-order valence-corrected chi connectivity index (χ0v) is 14.3. The van der Waals surface area contributed by atoms with Crippen molar-refractivity contribution in [2.45, 2.75) is 18.6 Å². The lowest BCUT2D eigenvalue weighted by atomic mass is 10.2. The summed E-state index contributed by atoms with van der Waals surface area (Å²) in [6, 6.07) is 4.67. The van der Waals surface area contributed by atoms with E-state index in [-0.39, 0.29) is 11.9 Å². The van der Waals surface area contributed by atoms with Crippen molar-refractivity contribution in [3.63, 3.8) is 0 Å². The van der Waals surface area contributed by atoms with Gasteiger partial charge < -0.3 is 15.5 Å². The number of nitrogens with one attached hydrogen (secondary N) is 2. The maximum atomic E-state index is 12.7. The Hall–Kier alpha value is -3.10. The molecule has 1 aromatic carbocycles. The van der Waals surface area contributed by atoms with E-state index in [1.807, 2.05) is 0 Å². The van der Waals surface area contributed by atoms with E-state index < -0.39 is 11.7 Å². The van der Waals surface area contributed by atoms with Gasteiger partial charge in [0.15, 0.2) is 11.6 Å². The molecule has 1 atom stereocenters. The largest absolute Gasteiger partial charge is 0.416 e. The van der Waals surface area contributed by atoms with E-state index in [0.29, 0.717) is 30.4 Å². The Morgan fingerprint density at radius 1 is 1.19 bits per heavy atom. The van der Waals surface area contributed by atoms with E-state index in [1.165, 1.54) is 30.6 Å². The van der Waals surface area contributed by atoms with Gasteiger partial charge in [-0.3, -0.25) is 4.79 Å². The lowest BCUT2D eigenvalue weighted by molar-refractivity contribution is -0.137. The normalized spacial score (nSPS) is 16.9. The molecule has 2 aromatic rings. The van der Waals surface area contributed by atoms with Crippen molar-refractivity contribution in [2.75, 3.05) is 23.7 Å². The summed E-state index contributed by atoms with van der Waals surface area (Å²) in [5, 5.41) is 6.20. The van der Waals surface area contributed by atoms with Gasteiger partial charge in [-0.15, -0.1) is 0 Å². The Bertz CT molecular complexity index is 822. The van der Waals surface area contributed by atoms with Crippen molar-refractivity contribution in [3.05, 3.63) is 54.9 Å². The van der Waals surface area contributed by atoms with Crippen LogP contribution in [0.25, 0.3) is 0 Å². The van der Waals surface area contributed by atoms with Crippen molar-refractivity contribution < 1.29 is 18.0 Å². The minimum atomic E-state index is -4.38. The SMILES string of the molecule is C=CC(=O)N1CCC(Nc2nccnc2Nc2ccc(C(F)(F)F)cc2)C1. The Kier molecular flexibility index (Phi) is 5.29. The molecule has 1 aliphatic heterocycles. The van der Waals surface area contributed by atoms with Gasteiger partial charge in [-0.2, -0.15) is 13.2 Å². The van der Waals surface area contributed by atoms with Crippen LogP contribution in [0.1, 0.15) is 12.0 Å². The predicted octanol–water partition coefficient (Wildman–Crippen LogP) is 3.44. The number of aromatic nitrogens is 2. The molecule has 0 radical (unpaired) electrons. The summed E-state index contributed by atoms with van der Waals surface area (Å²) >= 11 is 0. The lowest BCUT2D eigenvalue weighted by Gasteiger charge is -2.17. The number of halogens is 3. The topological polar surface area (TPSA) is 70.2 Å². The Morgan fingerprint density at radius 3 is 2.48 bits per heavy atom. The van der Waals surface area contributed by atoms with Crippen LogP contribution in [0, 0.1) is 0 Å². The van der Waals surface area contributed by atoms with E-state index in [4.69, 9.17) is 0 Å². The summed E-state index contributed by atoms with van der Waals surface area (Å²) in [7, 11) is 0. The number of anilines is 3. The van der Waals surface area contributed by atoms with Gasteiger partial charge in [-0.25, -0.2) is 9.97 Å². The number of amides is 1. The summed E-state index contributed by atoms with van der Waals surface area (Å²) in [6.45, 7) is 4.61. The zero-order chi connectivity index (χ0) is 19.4. The highest BCUT2D eigenvalue weighted by Crippen LogP contribution is 2.31. The van der Waals surface area contributed by atoms with Crippen LogP contribution in [0.3, 0.4) is 0 Å². The summed E-state index contributed by atoms with van der Waals surface area (Å²) in [5.74, 6) is 0.739. The molecule has 142 valence electrons. The first-order valence-corrected chi connectivity index (χ1v) is 8.30. The quantitative estimate of drug-likeness (QED) is 0.782. The monoisotopic (exact) mass is 377 g/mol. The van der Waals surface area contributed by atoms with Crippen LogP contribution in [-0.4, -0.2) is 39.9 Å². The highest BCUT2D eigenvalue weighted by Gasteiger charge is 2.30. The zero-order valence-electron chi connectivity index (χ0n) is 14.3. The average Bonchev–Trinajstić information content (AvgIpc) is 3.11. The standard InChI is InChI=1S/C18H18F3N5O/c1-2-15(27)26-10-7-14(11-26)25-17-16(22-8-9-23-17)24-13-5-3-12(4-6-13)18(19,20)21/h2-6,8-9,14H,1,7,10-11H2,(H,22,24)(H,23,25). The fourth-order valence-corrected chi connectivity index (χ4v) is 2.82. The molecule has 6 nitrogen and oxygen atoms in total. The molecule has 1 aromatic heterocycles. The van der Waals surface area contributed by atoms with E-state index >= 15 is 0 Å². The molecule has 0 aliphatic carbocycles. The van der Waals surface area contributed by atoms with Crippen LogP contribution in [0.2, 0.25) is 0 Å². The van der Waals surface area contributed by atoms with Gasteiger partial charge in [-0.1, -0.05) is 6.58 Å². The number of nitrogens with zero attached hydrogens (tertiary/aromatic N) is 3. The van der Waals surface area contributed by atoms with Crippen molar-refractivity contribution in [1.29, 1.82) is 0 Å². The molecule has 0 spiro atoms. The van der Waals surface area contributed by atoms with Crippen LogP contribution in [0.15, 0.2) is 49.3 Å². The average molecular weight is 377 g/mol. The smallest absolute Gasteiger partial charge is 0.362 e. The highest BCUT2D eigenvalue weighted by molar-refractivity contribution is 5.87. The number of rotatable bonds is 5. The second-order valence-corrected chi connectivity index (χ2v) is 6.07. The third-order valence-corrected chi connectivity index (χ3v) is 4.19. The first-order chi connectivity index (χ1) is 12.9. The number of alkyl halides is 3. The van der Waals surface area contributed by atoms with Gasteiger partial charge in [0, 0.05) is 37.2 Å². The summed E-state index contributed by atoms with van der Waals surface area (Å²) in [6.07, 6.45) is 0.648. The van der Waals surface area contributed by atoms with E-state index in [1.54, 1.807) is 4.90 Å². The molecule has 1 fully saturated rings. The molecular formula is C18H18F3N5O. The van der Waals surface area contributed by atoms with Crippen LogP contribution >= 0.6 is 0 Å². The third-order valence-electron chi connectivity index (χ3n) is 4.19. The fraction of sp³-hybridized carbons (Fsp3) is 0.278.